The van der Waals surface area contributed by atoms with Gasteiger partial charge in [0.1, 0.15) is 0 Å². The summed E-state index contributed by atoms with van der Waals surface area (Å²) in [6, 6.07) is 0. The van der Waals surface area contributed by atoms with Crippen LogP contribution in [-0.4, -0.2) is 32.6 Å². The number of methoxy groups -OCH3 is 1. The van der Waals surface area contributed by atoms with Gasteiger partial charge < -0.3 is 10.1 Å². The van der Waals surface area contributed by atoms with Gasteiger partial charge in [-0.3, -0.25) is 4.79 Å². The summed E-state index contributed by atoms with van der Waals surface area (Å²) >= 11 is 0. The van der Waals surface area contributed by atoms with Crippen LogP contribution < -0.4 is 5.32 Å². The largest absolute Gasteiger partial charge is 0.383 e. The Morgan fingerprint density at radius 3 is 2.54 bits per heavy atom. The minimum Gasteiger partial charge on any atom is -0.383 e. The number of allylic oxidation sites excluding steroid dienone is 1. The fourth-order valence-electron chi connectivity index (χ4n) is 0.585. The number of carbonyl (C=O) groups excluding carboxylic acids is 1. The molecule has 0 aromatic rings. The Bertz CT molecular complexity index is 133. The lowest BCUT2D eigenvalue weighted by Crippen LogP contribution is -2.18. The van der Waals surface area contributed by atoms with Gasteiger partial charge in [0.2, 0.25) is 0 Å². The maximum atomic E-state index is 10.4. The van der Waals surface area contributed by atoms with Gasteiger partial charge in [0, 0.05) is 20.2 Å². The number of nitrogens with one attached hydrogen (secondary N) is 1. The average molecular weight is 187 g/mol. The molecule has 0 aliphatic heterocycles. The molecule has 0 saturated carbocycles. The van der Waals surface area contributed by atoms with Crippen molar-refractivity contribution in [3.63, 3.8) is 0 Å². The maximum Gasteiger partial charge on any atom is 0.152 e. The van der Waals surface area contributed by atoms with Crippen molar-refractivity contribution in [3.05, 3.63) is 12.2 Å². The Morgan fingerprint density at radius 1 is 1.46 bits per heavy atom. The summed E-state index contributed by atoms with van der Waals surface area (Å²) in [5.41, 5.74) is 0. The highest BCUT2D eigenvalue weighted by Gasteiger charge is 1.82. The van der Waals surface area contributed by atoms with E-state index in [2.05, 4.69) is 5.32 Å². The summed E-state index contributed by atoms with van der Waals surface area (Å²) in [5, 5.41) is 3.08. The molecular weight excluding hydrogens is 166 g/mol. The summed E-state index contributed by atoms with van der Waals surface area (Å²) in [6.45, 7) is 7.78. The highest BCUT2D eigenvalue weighted by molar-refractivity contribution is 5.87. The van der Waals surface area contributed by atoms with E-state index < -0.39 is 0 Å². The van der Waals surface area contributed by atoms with Crippen LogP contribution >= 0.6 is 0 Å². The number of ketones is 1. The van der Waals surface area contributed by atoms with Crippen LogP contribution in [0.25, 0.3) is 0 Å². The molecule has 0 spiro atoms. The van der Waals surface area contributed by atoms with Gasteiger partial charge >= 0.3 is 0 Å². The molecule has 78 valence electrons. The van der Waals surface area contributed by atoms with Crippen LogP contribution in [0.1, 0.15) is 20.8 Å². The van der Waals surface area contributed by atoms with Crippen molar-refractivity contribution in [1.29, 1.82) is 0 Å². The Labute approximate surface area is 81.2 Å². The SMILES string of the molecule is CC.COCCNC/C=C/C(C)=O. The second-order valence-corrected chi connectivity index (χ2v) is 2.21. The van der Waals surface area contributed by atoms with E-state index in [-0.39, 0.29) is 5.78 Å². The number of hydrogen-bond acceptors (Lipinski definition) is 3. The summed E-state index contributed by atoms with van der Waals surface area (Å²) in [5.74, 6) is 0.0820. The molecule has 0 bridgehead atoms. The van der Waals surface area contributed by atoms with Crippen LogP contribution in [0.4, 0.5) is 0 Å². The highest BCUT2D eigenvalue weighted by Crippen LogP contribution is 1.73. The minimum atomic E-state index is 0.0820. The maximum absolute atomic E-state index is 10.4. The van der Waals surface area contributed by atoms with Crippen LogP contribution in [0.15, 0.2) is 12.2 Å². The monoisotopic (exact) mass is 187 g/mol. The second-order valence-electron chi connectivity index (χ2n) is 2.21. The Balaban J connectivity index is 0. The lowest BCUT2D eigenvalue weighted by Gasteiger charge is -1.97. The van der Waals surface area contributed by atoms with Crippen LogP contribution in [0.3, 0.4) is 0 Å². The molecule has 0 fully saturated rings. The summed E-state index contributed by atoms with van der Waals surface area (Å²) < 4.78 is 4.82. The molecule has 3 nitrogen and oxygen atoms in total. The van der Waals surface area contributed by atoms with Crippen molar-refractivity contribution in [2.75, 3.05) is 26.8 Å². The second kappa shape index (κ2) is 13.9. The Morgan fingerprint density at radius 2 is 2.08 bits per heavy atom. The van der Waals surface area contributed by atoms with E-state index in [1.54, 1.807) is 19.3 Å². The summed E-state index contributed by atoms with van der Waals surface area (Å²) in [7, 11) is 1.66. The minimum absolute atomic E-state index is 0.0820. The van der Waals surface area contributed by atoms with E-state index in [0.29, 0.717) is 6.61 Å². The molecule has 0 amide bonds. The van der Waals surface area contributed by atoms with E-state index in [4.69, 9.17) is 4.74 Å². The zero-order valence-electron chi connectivity index (χ0n) is 9.09. The van der Waals surface area contributed by atoms with E-state index in [1.807, 2.05) is 13.8 Å². The van der Waals surface area contributed by atoms with Crippen molar-refractivity contribution in [1.82, 2.24) is 5.32 Å². The van der Waals surface area contributed by atoms with Gasteiger partial charge in [0.25, 0.3) is 0 Å². The first-order chi connectivity index (χ1) is 6.27. The number of carbonyl (C=O) groups is 1. The molecule has 0 heterocycles. The molecule has 0 saturated heterocycles. The van der Waals surface area contributed by atoms with E-state index in [1.165, 1.54) is 6.92 Å². The predicted octanol–water partition coefficient (Wildman–Crippen LogP) is 1.39. The van der Waals surface area contributed by atoms with Crippen molar-refractivity contribution < 1.29 is 9.53 Å². The van der Waals surface area contributed by atoms with Crippen molar-refractivity contribution in [2.45, 2.75) is 20.8 Å². The van der Waals surface area contributed by atoms with Crippen molar-refractivity contribution in [2.24, 2.45) is 0 Å². The van der Waals surface area contributed by atoms with Crippen LogP contribution in [-0.2, 0) is 9.53 Å². The topological polar surface area (TPSA) is 38.3 Å². The first kappa shape index (κ1) is 14.8. The molecule has 1 N–H and O–H groups in total. The lowest BCUT2D eigenvalue weighted by molar-refractivity contribution is -0.112. The van der Waals surface area contributed by atoms with Gasteiger partial charge in [-0.1, -0.05) is 19.9 Å². The van der Waals surface area contributed by atoms with Crippen molar-refractivity contribution >= 4 is 5.78 Å². The molecule has 0 rings (SSSR count). The fraction of sp³-hybridized carbons (Fsp3) is 0.700. The van der Waals surface area contributed by atoms with E-state index >= 15 is 0 Å². The number of hydrogen-bond donors (Lipinski definition) is 1. The summed E-state index contributed by atoms with van der Waals surface area (Å²) in [4.78, 5) is 10.4. The van der Waals surface area contributed by atoms with Crippen LogP contribution in [0.2, 0.25) is 0 Å². The molecular formula is C10H21NO2. The normalized spacial score (nSPS) is 9.54. The molecule has 0 aromatic carbocycles. The number of ether oxygens (including phenoxy) is 1. The third-order valence-electron chi connectivity index (χ3n) is 1.10. The average Bonchev–Trinajstić information content (AvgIpc) is 2.14. The third-order valence-corrected chi connectivity index (χ3v) is 1.10. The fourth-order valence-corrected chi connectivity index (χ4v) is 0.585. The first-order valence-corrected chi connectivity index (χ1v) is 4.64. The molecule has 0 atom stereocenters. The zero-order chi connectivity index (χ0) is 10.5. The highest BCUT2D eigenvalue weighted by atomic mass is 16.5. The van der Waals surface area contributed by atoms with Gasteiger partial charge in [0.15, 0.2) is 5.78 Å². The first-order valence-electron chi connectivity index (χ1n) is 4.64. The van der Waals surface area contributed by atoms with E-state index in [0.717, 1.165) is 13.1 Å². The van der Waals surface area contributed by atoms with Gasteiger partial charge in [0.05, 0.1) is 6.61 Å². The van der Waals surface area contributed by atoms with Gasteiger partial charge in [-0.15, -0.1) is 0 Å². The summed E-state index contributed by atoms with van der Waals surface area (Å²) in [6.07, 6.45) is 3.36. The Hall–Kier alpha value is -0.670. The van der Waals surface area contributed by atoms with Gasteiger partial charge in [-0.2, -0.15) is 0 Å². The predicted molar refractivity (Wildman–Crippen MR) is 55.9 cm³/mol. The molecule has 0 aliphatic carbocycles. The molecule has 0 aromatic heterocycles. The lowest BCUT2D eigenvalue weighted by atomic mass is 10.4. The van der Waals surface area contributed by atoms with E-state index in [9.17, 15) is 4.79 Å². The molecule has 0 unspecified atom stereocenters. The van der Waals surface area contributed by atoms with Crippen LogP contribution in [0, 0.1) is 0 Å². The molecule has 0 radical (unpaired) electrons. The quantitative estimate of drug-likeness (QED) is 0.504. The van der Waals surface area contributed by atoms with Crippen molar-refractivity contribution in [3.8, 4) is 0 Å². The van der Waals surface area contributed by atoms with Gasteiger partial charge in [-0.25, -0.2) is 0 Å². The van der Waals surface area contributed by atoms with Gasteiger partial charge in [-0.05, 0) is 13.0 Å². The molecule has 13 heavy (non-hydrogen) atoms. The standard InChI is InChI=1S/C8H15NO2.C2H6/c1-8(10)4-3-5-9-6-7-11-2;1-2/h3-4,9H,5-7H2,1-2H3;1-2H3/b4-3+;. The van der Waals surface area contributed by atoms with Crippen LogP contribution in [0.5, 0.6) is 0 Å². The molecule has 3 heteroatoms. The zero-order valence-corrected chi connectivity index (χ0v) is 9.09. The third kappa shape index (κ3) is 18.4. The Kier molecular flexibility index (Phi) is 15.8. The number of rotatable bonds is 6. The molecule has 0 aliphatic rings. The smallest absolute Gasteiger partial charge is 0.152 e.